The summed E-state index contributed by atoms with van der Waals surface area (Å²) in [5, 5.41) is 0. The molecule has 2 rings (SSSR count). The summed E-state index contributed by atoms with van der Waals surface area (Å²) in [6, 6.07) is 5.42. The lowest BCUT2D eigenvalue weighted by Crippen LogP contribution is -2.59. The van der Waals surface area contributed by atoms with E-state index in [1.54, 1.807) is 6.07 Å². The Morgan fingerprint density at radius 2 is 2.00 bits per heavy atom. The van der Waals surface area contributed by atoms with Crippen LogP contribution >= 0.6 is 12.4 Å². The van der Waals surface area contributed by atoms with Gasteiger partial charge < -0.3 is 5.73 Å². The van der Waals surface area contributed by atoms with E-state index in [2.05, 4.69) is 11.6 Å². The fourth-order valence-electron chi connectivity index (χ4n) is 3.33. The van der Waals surface area contributed by atoms with Gasteiger partial charge in [0.05, 0.1) is 4.90 Å². The number of nitrogens with two attached hydrogens (primary N) is 1. The van der Waals surface area contributed by atoms with Crippen molar-refractivity contribution in [1.82, 2.24) is 4.72 Å². The number of halogens is 1. The van der Waals surface area contributed by atoms with Gasteiger partial charge in [0.1, 0.15) is 0 Å². The zero-order chi connectivity index (χ0) is 15.7. The molecule has 6 heteroatoms. The molecule has 3 N–H and O–H groups in total. The molecule has 2 atom stereocenters. The van der Waals surface area contributed by atoms with E-state index in [9.17, 15) is 8.42 Å². The third kappa shape index (κ3) is 3.82. The first-order chi connectivity index (χ1) is 9.81. The minimum absolute atomic E-state index is 0. The predicted octanol–water partition coefficient (Wildman–Crippen LogP) is 2.91. The molecular weight excluding hydrogens is 320 g/mol. The van der Waals surface area contributed by atoms with Crippen LogP contribution < -0.4 is 10.5 Å². The summed E-state index contributed by atoms with van der Waals surface area (Å²) >= 11 is 0. The third-order valence-corrected chi connectivity index (χ3v) is 6.49. The van der Waals surface area contributed by atoms with Gasteiger partial charge in [0.25, 0.3) is 0 Å². The smallest absolute Gasteiger partial charge is 0.241 e. The van der Waals surface area contributed by atoms with E-state index >= 15 is 0 Å². The number of rotatable bonds is 4. The molecule has 0 bridgehead atoms. The van der Waals surface area contributed by atoms with Crippen LogP contribution in [0.25, 0.3) is 0 Å². The van der Waals surface area contributed by atoms with Gasteiger partial charge in [-0.2, -0.15) is 0 Å². The van der Waals surface area contributed by atoms with Crippen molar-refractivity contribution in [2.45, 2.75) is 56.9 Å². The van der Waals surface area contributed by atoms with Crippen molar-refractivity contribution in [2.24, 2.45) is 11.7 Å². The molecular formula is C16H27ClN2O2S. The topological polar surface area (TPSA) is 72.2 Å². The summed E-state index contributed by atoms with van der Waals surface area (Å²) in [5.41, 5.74) is 7.28. The molecule has 1 aromatic rings. The molecule has 0 aromatic heterocycles. The first-order valence-electron chi connectivity index (χ1n) is 7.62. The number of aryl methyl sites for hydroxylation is 2. The summed E-state index contributed by atoms with van der Waals surface area (Å²) in [6.07, 6.45) is 4.01. The molecule has 4 nitrogen and oxygen atoms in total. The normalized spacial score (nSPS) is 25.5. The molecule has 2 unspecified atom stereocenters. The SMILES string of the molecule is Cc1ccc(S(=O)(=O)NC2(CN)CCCCC2C)c(C)c1.Cl. The molecule has 0 amide bonds. The Morgan fingerprint density at radius 3 is 2.55 bits per heavy atom. The van der Waals surface area contributed by atoms with E-state index < -0.39 is 15.6 Å². The Morgan fingerprint density at radius 1 is 1.32 bits per heavy atom. The van der Waals surface area contributed by atoms with Crippen LogP contribution in [0.15, 0.2) is 23.1 Å². The van der Waals surface area contributed by atoms with Gasteiger partial charge in [-0.3, -0.25) is 0 Å². The van der Waals surface area contributed by atoms with E-state index in [0.29, 0.717) is 11.4 Å². The first-order valence-corrected chi connectivity index (χ1v) is 9.10. The van der Waals surface area contributed by atoms with Crippen molar-refractivity contribution >= 4 is 22.4 Å². The molecule has 1 aliphatic rings. The van der Waals surface area contributed by atoms with Gasteiger partial charge in [0.2, 0.25) is 10.0 Å². The number of sulfonamides is 1. The molecule has 1 aliphatic carbocycles. The predicted molar refractivity (Wildman–Crippen MR) is 92.9 cm³/mol. The molecule has 0 heterocycles. The van der Waals surface area contributed by atoms with E-state index in [1.807, 2.05) is 26.0 Å². The molecule has 126 valence electrons. The van der Waals surface area contributed by atoms with E-state index in [-0.39, 0.29) is 18.3 Å². The minimum Gasteiger partial charge on any atom is -0.329 e. The highest BCUT2D eigenvalue weighted by molar-refractivity contribution is 7.89. The lowest BCUT2D eigenvalue weighted by atomic mass is 9.74. The summed E-state index contributed by atoms with van der Waals surface area (Å²) in [7, 11) is -3.54. The van der Waals surface area contributed by atoms with Crippen LogP contribution in [0.3, 0.4) is 0 Å². The Kier molecular flexibility index (Phi) is 6.45. The second-order valence-corrected chi connectivity index (χ2v) is 8.03. The average Bonchev–Trinajstić information content (AvgIpc) is 2.40. The van der Waals surface area contributed by atoms with Gasteiger partial charge in [-0.25, -0.2) is 13.1 Å². The third-order valence-electron chi connectivity index (χ3n) is 4.78. The molecule has 22 heavy (non-hydrogen) atoms. The summed E-state index contributed by atoms with van der Waals surface area (Å²) in [4.78, 5) is 0.360. The van der Waals surface area contributed by atoms with E-state index in [1.165, 1.54) is 0 Å². The monoisotopic (exact) mass is 346 g/mol. The van der Waals surface area contributed by atoms with E-state index in [0.717, 1.165) is 36.8 Å². The second kappa shape index (κ2) is 7.30. The standard InChI is InChI=1S/C16H26N2O2S.ClH/c1-12-7-8-15(13(2)10-12)21(19,20)18-16(11-17)9-5-4-6-14(16)3;/h7-8,10,14,18H,4-6,9,11,17H2,1-3H3;1H. The lowest BCUT2D eigenvalue weighted by Gasteiger charge is -2.42. The van der Waals surface area contributed by atoms with Gasteiger partial charge in [-0.05, 0) is 44.2 Å². The van der Waals surface area contributed by atoms with Crippen LogP contribution in [0.2, 0.25) is 0 Å². The fourth-order valence-corrected chi connectivity index (χ4v) is 5.10. The Hall–Kier alpha value is -0.620. The van der Waals surface area contributed by atoms with Crippen molar-refractivity contribution in [2.75, 3.05) is 6.54 Å². The highest BCUT2D eigenvalue weighted by Crippen LogP contribution is 2.34. The van der Waals surface area contributed by atoms with Crippen molar-refractivity contribution in [3.8, 4) is 0 Å². The van der Waals surface area contributed by atoms with Gasteiger partial charge in [0, 0.05) is 12.1 Å². The van der Waals surface area contributed by atoms with Crippen LogP contribution in [0, 0.1) is 19.8 Å². The molecule has 0 radical (unpaired) electrons. The maximum absolute atomic E-state index is 12.8. The number of hydrogen-bond donors (Lipinski definition) is 2. The molecule has 1 saturated carbocycles. The number of hydrogen-bond acceptors (Lipinski definition) is 3. The van der Waals surface area contributed by atoms with Gasteiger partial charge in [-0.15, -0.1) is 12.4 Å². The zero-order valence-electron chi connectivity index (χ0n) is 13.6. The van der Waals surface area contributed by atoms with Crippen molar-refractivity contribution < 1.29 is 8.42 Å². The average molecular weight is 347 g/mol. The van der Waals surface area contributed by atoms with Crippen LogP contribution in [-0.2, 0) is 10.0 Å². The van der Waals surface area contributed by atoms with Crippen LogP contribution in [0.1, 0.15) is 43.7 Å². The minimum atomic E-state index is -3.54. The molecule has 1 fully saturated rings. The quantitative estimate of drug-likeness (QED) is 0.880. The molecule has 0 saturated heterocycles. The number of benzene rings is 1. The van der Waals surface area contributed by atoms with Crippen LogP contribution in [0.5, 0.6) is 0 Å². The summed E-state index contributed by atoms with van der Waals surface area (Å²) in [5.74, 6) is 0.261. The lowest BCUT2D eigenvalue weighted by molar-refractivity contribution is 0.191. The summed E-state index contributed by atoms with van der Waals surface area (Å²) in [6.45, 7) is 6.23. The number of nitrogens with one attached hydrogen (secondary N) is 1. The Bertz CT molecular complexity index is 619. The molecule has 0 spiro atoms. The first kappa shape index (κ1) is 19.4. The van der Waals surface area contributed by atoms with Crippen LogP contribution in [0.4, 0.5) is 0 Å². The highest BCUT2D eigenvalue weighted by Gasteiger charge is 2.40. The Balaban J connectivity index is 0.00000242. The van der Waals surface area contributed by atoms with Gasteiger partial charge in [0.15, 0.2) is 0 Å². The van der Waals surface area contributed by atoms with Crippen molar-refractivity contribution in [3.05, 3.63) is 29.3 Å². The fraction of sp³-hybridized carbons (Fsp3) is 0.625. The van der Waals surface area contributed by atoms with Gasteiger partial charge in [-0.1, -0.05) is 37.5 Å². The molecule has 1 aromatic carbocycles. The van der Waals surface area contributed by atoms with Crippen LogP contribution in [-0.4, -0.2) is 20.5 Å². The second-order valence-electron chi connectivity index (χ2n) is 6.38. The van der Waals surface area contributed by atoms with E-state index in [4.69, 9.17) is 5.73 Å². The van der Waals surface area contributed by atoms with Crippen molar-refractivity contribution in [1.29, 1.82) is 0 Å². The largest absolute Gasteiger partial charge is 0.329 e. The van der Waals surface area contributed by atoms with Crippen molar-refractivity contribution in [3.63, 3.8) is 0 Å². The zero-order valence-corrected chi connectivity index (χ0v) is 15.2. The Labute approximate surface area is 140 Å². The maximum Gasteiger partial charge on any atom is 0.241 e. The maximum atomic E-state index is 12.8. The van der Waals surface area contributed by atoms with Gasteiger partial charge >= 0.3 is 0 Å². The highest BCUT2D eigenvalue weighted by atomic mass is 35.5. The summed E-state index contributed by atoms with van der Waals surface area (Å²) < 4.78 is 28.5. The molecule has 0 aliphatic heterocycles.